The third kappa shape index (κ3) is 3.77. The molecule has 0 aliphatic heterocycles. The quantitative estimate of drug-likeness (QED) is 0.771. The number of methoxy groups -OCH3 is 1. The molecule has 1 aromatic carbocycles. The SMILES string of the molecule is COc1cc(C2CCCCC2)c(S(=O)(=O)O)c(C2CCCCC2)c1. The maximum Gasteiger partial charge on any atom is 0.295 e. The molecule has 2 aliphatic carbocycles. The van der Waals surface area contributed by atoms with E-state index in [4.69, 9.17) is 4.74 Å². The monoisotopic (exact) mass is 352 g/mol. The number of hydrogen-bond acceptors (Lipinski definition) is 3. The highest BCUT2D eigenvalue weighted by Gasteiger charge is 2.31. The normalized spacial score (nSPS) is 20.9. The lowest BCUT2D eigenvalue weighted by Gasteiger charge is -2.29. The Morgan fingerprint density at radius 3 is 1.62 bits per heavy atom. The molecular weight excluding hydrogens is 324 g/mol. The molecule has 24 heavy (non-hydrogen) atoms. The van der Waals surface area contributed by atoms with Crippen LogP contribution >= 0.6 is 0 Å². The number of ether oxygens (including phenoxy) is 1. The van der Waals surface area contributed by atoms with Crippen LogP contribution in [0.15, 0.2) is 17.0 Å². The Balaban J connectivity index is 2.14. The van der Waals surface area contributed by atoms with Crippen LogP contribution in [0.4, 0.5) is 0 Å². The van der Waals surface area contributed by atoms with E-state index in [-0.39, 0.29) is 16.7 Å². The standard InChI is InChI=1S/C19H28O4S/c1-23-16-12-17(14-8-4-2-5-9-14)19(24(20,21)22)18(13-16)15-10-6-3-7-11-15/h12-15H,2-11H2,1H3,(H,20,21,22). The third-order valence-corrected chi connectivity index (χ3v) is 6.69. The summed E-state index contributed by atoms with van der Waals surface area (Å²) in [5.74, 6) is 1.12. The van der Waals surface area contributed by atoms with Gasteiger partial charge in [-0.2, -0.15) is 8.42 Å². The van der Waals surface area contributed by atoms with Gasteiger partial charge in [0.05, 0.1) is 7.11 Å². The highest BCUT2D eigenvalue weighted by Crippen LogP contribution is 2.44. The first kappa shape index (κ1) is 17.7. The minimum absolute atomic E-state index is 0.183. The van der Waals surface area contributed by atoms with Gasteiger partial charge in [0, 0.05) is 0 Å². The van der Waals surface area contributed by atoms with Gasteiger partial charge in [0.1, 0.15) is 10.6 Å². The van der Waals surface area contributed by atoms with E-state index in [9.17, 15) is 13.0 Å². The summed E-state index contributed by atoms with van der Waals surface area (Å²) in [6.45, 7) is 0. The van der Waals surface area contributed by atoms with Gasteiger partial charge in [-0.15, -0.1) is 0 Å². The summed E-state index contributed by atoms with van der Waals surface area (Å²) in [5, 5.41) is 0. The highest BCUT2D eigenvalue weighted by molar-refractivity contribution is 7.86. The molecule has 1 N–H and O–H groups in total. The van der Waals surface area contributed by atoms with Gasteiger partial charge in [0.2, 0.25) is 0 Å². The Morgan fingerprint density at radius 1 is 0.875 bits per heavy atom. The molecule has 1 aromatic rings. The lowest BCUT2D eigenvalue weighted by Crippen LogP contribution is -2.16. The fourth-order valence-electron chi connectivity index (χ4n) is 4.50. The van der Waals surface area contributed by atoms with Crippen molar-refractivity contribution in [1.82, 2.24) is 0 Å². The summed E-state index contributed by atoms with van der Waals surface area (Å²) in [6.07, 6.45) is 10.8. The summed E-state index contributed by atoms with van der Waals surface area (Å²) in [6, 6.07) is 3.68. The molecule has 2 fully saturated rings. The Bertz CT molecular complexity index is 630. The van der Waals surface area contributed by atoms with Gasteiger partial charge in [0.25, 0.3) is 10.1 Å². The molecule has 2 saturated carbocycles. The van der Waals surface area contributed by atoms with Gasteiger partial charge in [-0.3, -0.25) is 4.55 Å². The molecule has 0 amide bonds. The molecule has 0 heterocycles. The van der Waals surface area contributed by atoms with E-state index >= 15 is 0 Å². The second kappa shape index (κ2) is 7.44. The summed E-state index contributed by atoms with van der Waals surface area (Å²) < 4.78 is 40.0. The van der Waals surface area contributed by atoms with E-state index in [2.05, 4.69) is 0 Å². The summed E-state index contributed by atoms with van der Waals surface area (Å²) in [4.78, 5) is 0.183. The minimum Gasteiger partial charge on any atom is -0.497 e. The maximum absolute atomic E-state index is 12.3. The van der Waals surface area contributed by atoms with Crippen molar-refractivity contribution in [1.29, 1.82) is 0 Å². The van der Waals surface area contributed by atoms with E-state index in [1.165, 1.54) is 12.8 Å². The van der Waals surface area contributed by atoms with Crippen molar-refractivity contribution in [3.05, 3.63) is 23.3 Å². The van der Waals surface area contributed by atoms with Crippen LogP contribution in [0.3, 0.4) is 0 Å². The Kier molecular flexibility index (Phi) is 5.50. The first-order valence-corrected chi connectivity index (χ1v) is 10.6. The third-order valence-electron chi connectivity index (χ3n) is 5.70. The zero-order valence-corrected chi connectivity index (χ0v) is 15.3. The molecule has 2 aliphatic rings. The van der Waals surface area contributed by atoms with Crippen molar-refractivity contribution in [2.24, 2.45) is 0 Å². The smallest absolute Gasteiger partial charge is 0.295 e. The number of benzene rings is 1. The van der Waals surface area contributed by atoms with Crippen LogP contribution in [-0.4, -0.2) is 20.1 Å². The molecule has 0 atom stereocenters. The predicted molar refractivity (Wildman–Crippen MR) is 94.5 cm³/mol. The average molecular weight is 352 g/mol. The summed E-state index contributed by atoms with van der Waals surface area (Å²) >= 11 is 0. The van der Waals surface area contributed by atoms with E-state index in [0.29, 0.717) is 5.75 Å². The Hall–Kier alpha value is -1.07. The van der Waals surface area contributed by atoms with Crippen molar-refractivity contribution in [2.75, 3.05) is 7.11 Å². The minimum atomic E-state index is -4.24. The average Bonchev–Trinajstić information content (AvgIpc) is 2.61. The molecule has 0 unspecified atom stereocenters. The van der Waals surface area contributed by atoms with Gasteiger partial charge >= 0.3 is 0 Å². The first-order valence-electron chi connectivity index (χ1n) is 9.20. The van der Waals surface area contributed by atoms with Crippen LogP contribution in [0.1, 0.15) is 87.2 Å². The first-order chi connectivity index (χ1) is 11.5. The maximum atomic E-state index is 12.3. The zero-order chi connectivity index (χ0) is 17.2. The second-order valence-corrected chi connectivity index (χ2v) is 8.64. The van der Waals surface area contributed by atoms with Crippen LogP contribution in [0, 0.1) is 0 Å². The van der Waals surface area contributed by atoms with Gasteiger partial charge in [-0.05, 0) is 60.8 Å². The van der Waals surface area contributed by atoms with Crippen molar-refractivity contribution >= 4 is 10.1 Å². The lowest BCUT2D eigenvalue weighted by molar-refractivity contribution is 0.396. The molecule has 134 valence electrons. The molecule has 3 rings (SSSR count). The van der Waals surface area contributed by atoms with Crippen molar-refractivity contribution in [3.8, 4) is 5.75 Å². The predicted octanol–water partition coefficient (Wildman–Crippen LogP) is 5.04. The largest absolute Gasteiger partial charge is 0.497 e. The number of hydrogen-bond donors (Lipinski definition) is 1. The Labute approximate surface area is 145 Å². The second-order valence-electron chi connectivity index (χ2n) is 7.28. The van der Waals surface area contributed by atoms with Gasteiger partial charge < -0.3 is 4.74 Å². The molecule has 0 spiro atoms. The van der Waals surface area contributed by atoms with E-state index < -0.39 is 10.1 Å². The fraction of sp³-hybridized carbons (Fsp3) is 0.684. The topological polar surface area (TPSA) is 63.6 Å². The van der Waals surface area contributed by atoms with Gasteiger partial charge in [-0.1, -0.05) is 38.5 Å². The number of rotatable bonds is 4. The molecule has 0 radical (unpaired) electrons. The zero-order valence-electron chi connectivity index (χ0n) is 14.5. The van der Waals surface area contributed by atoms with Crippen LogP contribution < -0.4 is 4.74 Å². The summed E-state index contributed by atoms with van der Waals surface area (Å²) in [7, 11) is -2.62. The van der Waals surface area contributed by atoms with E-state index in [0.717, 1.165) is 62.5 Å². The molecule has 0 saturated heterocycles. The van der Waals surface area contributed by atoms with E-state index in [1.807, 2.05) is 12.1 Å². The highest BCUT2D eigenvalue weighted by atomic mass is 32.2. The van der Waals surface area contributed by atoms with Crippen molar-refractivity contribution < 1.29 is 17.7 Å². The summed E-state index contributed by atoms with van der Waals surface area (Å²) in [5.41, 5.74) is 1.55. The Morgan fingerprint density at radius 2 is 1.29 bits per heavy atom. The molecule has 0 bridgehead atoms. The van der Waals surface area contributed by atoms with Crippen molar-refractivity contribution in [3.63, 3.8) is 0 Å². The molecular formula is C19H28O4S. The molecule has 5 heteroatoms. The van der Waals surface area contributed by atoms with Crippen LogP contribution in [-0.2, 0) is 10.1 Å². The van der Waals surface area contributed by atoms with E-state index in [1.54, 1.807) is 7.11 Å². The molecule has 4 nitrogen and oxygen atoms in total. The lowest BCUT2D eigenvalue weighted by atomic mass is 9.79. The van der Waals surface area contributed by atoms with Gasteiger partial charge in [0.15, 0.2) is 0 Å². The van der Waals surface area contributed by atoms with Crippen molar-refractivity contribution in [2.45, 2.75) is 80.9 Å². The fourth-order valence-corrected chi connectivity index (χ4v) is 5.54. The van der Waals surface area contributed by atoms with Crippen LogP contribution in [0.5, 0.6) is 5.75 Å². The van der Waals surface area contributed by atoms with Crippen LogP contribution in [0.25, 0.3) is 0 Å². The van der Waals surface area contributed by atoms with Crippen LogP contribution in [0.2, 0.25) is 0 Å². The van der Waals surface area contributed by atoms with Gasteiger partial charge in [-0.25, -0.2) is 0 Å². The molecule has 0 aromatic heterocycles.